The third-order valence-electron chi connectivity index (χ3n) is 12.3. The number of para-hydroxylation sites is 2. The zero-order valence-corrected chi connectivity index (χ0v) is 32.1. The summed E-state index contributed by atoms with van der Waals surface area (Å²) < 4.78 is 20.3. The molecule has 59 heavy (non-hydrogen) atoms. The van der Waals surface area contributed by atoms with E-state index in [4.69, 9.17) is 13.9 Å². The van der Waals surface area contributed by atoms with E-state index >= 15 is 0 Å². The van der Waals surface area contributed by atoms with Gasteiger partial charge in [0.05, 0.1) is 11.1 Å². The molecule has 2 heterocycles. The van der Waals surface area contributed by atoms with E-state index < -0.39 is 5.41 Å². The monoisotopic (exact) mass is 759 g/mol. The number of anilines is 2. The summed E-state index contributed by atoms with van der Waals surface area (Å²) in [7, 11) is 0. The summed E-state index contributed by atoms with van der Waals surface area (Å²) in [6.45, 7) is 0. The fourth-order valence-electron chi connectivity index (χ4n) is 9.73. The van der Waals surface area contributed by atoms with Gasteiger partial charge in [-0.3, -0.25) is 0 Å². The Kier molecular flexibility index (Phi) is 7.54. The highest BCUT2D eigenvalue weighted by Gasteiger charge is 2.48. The molecule has 0 amide bonds. The van der Waals surface area contributed by atoms with Crippen molar-refractivity contribution in [1.82, 2.24) is 0 Å². The van der Waals surface area contributed by atoms with E-state index in [0.717, 1.165) is 74.2 Å². The van der Waals surface area contributed by atoms with Crippen molar-refractivity contribution in [2.75, 3.05) is 4.90 Å². The van der Waals surface area contributed by atoms with Gasteiger partial charge in [-0.25, -0.2) is 0 Å². The maximum Gasteiger partial charge on any atom is 0.178 e. The zero-order valence-electron chi connectivity index (χ0n) is 32.1. The Labute approximate surface area is 342 Å². The van der Waals surface area contributed by atoms with Crippen molar-refractivity contribution in [2.24, 2.45) is 0 Å². The van der Waals surface area contributed by atoms with Gasteiger partial charge in [0, 0.05) is 39.4 Å². The van der Waals surface area contributed by atoms with Crippen LogP contribution in [0.3, 0.4) is 0 Å². The number of nitrogens with zero attached hydrogens (tertiary/aromatic N) is 1. The lowest BCUT2D eigenvalue weighted by Gasteiger charge is -2.34. The van der Waals surface area contributed by atoms with E-state index in [1.807, 2.05) is 12.1 Å². The predicted molar refractivity (Wildman–Crippen MR) is 238 cm³/mol. The van der Waals surface area contributed by atoms with Gasteiger partial charge in [0.2, 0.25) is 0 Å². The minimum atomic E-state index is -0.526. The Morgan fingerprint density at radius 1 is 0.508 bits per heavy atom. The molecule has 2 aliphatic carbocycles. The van der Waals surface area contributed by atoms with Crippen LogP contribution < -0.4 is 14.4 Å². The van der Waals surface area contributed by atoms with E-state index in [2.05, 4.69) is 193 Å². The van der Waals surface area contributed by atoms with Crippen LogP contribution in [0.25, 0.3) is 44.2 Å². The van der Waals surface area contributed by atoms with Crippen LogP contribution in [0.2, 0.25) is 0 Å². The first kappa shape index (κ1) is 33.6. The van der Waals surface area contributed by atoms with Crippen LogP contribution in [0.4, 0.5) is 11.4 Å². The predicted octanol–water partition coefficient (Wildman–Crippen LogP) is 14.9. The third kappa shape index (κ3) is 5.09. The summed E-state index contributed by atoms with van der Waals surface area (Å²) in [5, 5.41) is 2.24. The molecule has 12 rings (SSSR count). The van der Waals surface area contributed by atoms with Gasteiger partial charge in [-0.1, -0.05) is 146 Å². The molecule has 0 saturated carbocycles. The van der Waals surface area contributed by atoms with Crippen LogP contribution in [-0.2, 0) is 5.41 Å². The Morgan fingerprint density at radius 3 is 2.03 bits per heavy atom. The highest BCUT2D eigenvalue weighted by Crippen LogP contribution is 2.62. The van der Waals surface area contributed by atoms with Gasteiger partial charge in [-0.05, 0) is 94.8 Å². The van der Waals surface area contributed by atoms with Crippen molar-refractivity contribution in [3.63, 3.8) is 0 Å². The first-order valence-electron chi connectivity index (χ1n) is 20.3. The maximum absolute atomic E-state index is 7.01. The number of furan rings is 1. The lowest BCUT2D eigenvalue weighted by molar-refractivity contribution is 0.360. The quantitative estimate of drug-likeness (QED) is 0.169. The average Bonchev–Trinajstić information content (AvgIpc) is 3.83. The Hall–Kier alpha value is -7.56. The molecule has 0 fully saturated rings. The second-order valence-corrected chi connectivity index (χ2v) is 15.5. The van der Waals surface area contributed by atoms with Gasteiger partial charge in [-0.15, -0.1) is 0 Å². The van der Waals surface area contributed by atoms with E-state index in [0.29, 0.717) is 17.2 Å². The Morgan fingerprint density at radius 2 is 1.22 bits per heavy atom. The second kappa shape index (κ2) is 13.3. The van der Waals surface area contributed by atoms with Crippen LogP contribution in [0.15, 0.2) is 210 Å². The summed E-state index contributed by atoms with van der Waals surface area (Å²) in [4.78, 5) is 2.37. The van der Waals surface area contributed by atoms with Crippen LogP contribution in [0, 0.1) is 0 Å². The molecule has 9 aromatic rings. The normalized spacial score (nSPS) is 14.4. The summed E-state index contributed by atoms with van der Waals surface area (Å²) in [5.74, 6) is 2.81. The van der Waals surface area contributed by atoms with Crippen LogP contribution in [0.1, 0.15) is 35.1 Å². The van der Waals surface area contributed by atoms with Crippen molar-refractivity contribution < 1.29 is 13.9 Å². The molecule has 1 aliphatic heterocycles. The minimum absolute atomic E-state index is 0.526. The maximum atomic E-state index is 7.01. The molecule has 280 valence electrons. The molecular formula is C55H37NO3. The fraction of sp³-hybridized carbons (Fsp3) is 0.0545. The fourth-order valence-corrected chi connectivity index (χ4v) is 9.73. The second-order valence-electron chi connectivity index (χ2n) is 15.5. The molecule has 0 saturated heterocycles. The number of ether oxygens (including phenoxy) is 2. The Bertz CT molecular complexity index is 3140. The highest BCUT2D eigenvalue weighted by atomic mass is 16.6. The zero-order chi connectivity index (χ0) is 38.9. The van der Waals surface area contributed by atoms with Gasteiger partial charge in [0.1, 0.15) is 11.2 Å². The molecule has 3 aliphatic rings. The van der Waals surface area contributed by atoms with Gasteiger partial charge in [0.15, 0.2) is 23.0 Å². The number of hydrogen-bond acceptors (Lipinski definition) is 4. The van der Waals surface area contributed by atoms with Crippen molar-refractivity contribution >= 4 is 33.3 Å². The van der Waals surface area contributed by atoms with Crippen molar-refractivity contribution in [3.8, 4) is 45.3 Å². The standard InChI is InChI=1S/C55H37NO3/c1-4-16-37(17-5-1)55(38-18-6-2-7-19-38)45-25-13-10-24-44(45)53-46(55)31-33-50-54(53)59-49-32-29-40(35-52(49)58-50)56(39-20-8-3-9-21-39)47-26-14-11-22-41(47)36-28-30-43-42-23-12-15-27-48(42)57-51(43)34-36/h1-8,10-20,22-35H,9,21H2. The van der Waals surface area contributed by atoms with Gasteiger partial charge in [0.25, 0.3) is 0 Å². The molecule has 0 radical (unpaired) electrons. The van der Waals surface area contributed by atoms with Gasteiger partial charge >= 0.3 is 0 Å². The molecule has 4 nitrogen and oxygen atoms in total. The number of fused-ring (bicyclic) bond motifs is 9. The Balaban J connectivity index is 0.979. The molecule has 0 bridgehead atoms. The number of hydrogen-bond donors (Lipinski definition) is 0. The van der Waals surface area contributed by atoms with Crippen molar-refractivity contribution in [2.45, 2.75) is 18.3 Å². The van der Waals surface area contributed by atoms with Gasteiger partial charge in [-0.2, -0.15) is 0 Å². The topological polar surface area (TPSA) is 34.8 Å². The van der Waals surface area contributed by atoms with Gasteiger partial charge < -0.3 is 18.8 Å². The summed E-state index contributed by atoms with van der Waals surface area (Å²) in [5.41, 5.74) is 13.8. The minimum Gasteiger partial charge on any atom is -0.456 e. The van der Waals surface area contributed by atoms with Crippen molar-refractivity contribution in [1.29, 1.82) is 0 Å². The molecule has 8 aromatic carbocycles. The summed E-state index contributed by atoms with van der Waals surface area (Å²) in [6.07, 6.45) is 8.48. The third-order valence-corrected chi connectivity index (χ3v) is 12.3. The van der Waals surface area contributed by atoms with E-state index in [-0.39, 0.29) is 0 Å². The number of allylic oxidation sites excluding steroid dienone is 4. The molecule has 1 aromatic heterocycles. The highest BCUT2D eigenvalue weighted by molar-refractivity contribution is 6.06. The molecule has 0 atom stereocenters. The van der Waals surface area contributed by atoms with Crippen molar-refractivity contribution in [3.05, 3.63) is 228 Å². The van der Waals surface area contributed by atoms with Crippen LogP contribution in [-0.4, -0.2) is 0 Å². The SMILES string of the molecule is C1=CCCC(N(c2ccc3c(c2)Oc2ccc4c(c2O3)-c2ccccc2C4(c2ccccc2)c2ccccc2)c2ccccc2-c2ccc3c(c2)oc2ccccc23)=C1. The first-order chi connectivity index (χ1) is 29.3. The van der Waals surface area contributed by atoms with E-state index in [9.17, 15) is 0 Å². The largest absolute Gasteiger partial charge is 0.456 e. The average molecular weight is 760 g/mol. The van der Waals surface area contributed by atoms with Crippen LogP contribution >= 0.6 is 0 Å². The molecular weight excluding hydrogens is 723 g/mol. The molecule has 0 N–H and O–H groups in total. The lowest BCUT2D eigenvalue weighted by Crippen LogP contribution is -2.28. The van der Waals surface area contributed by atoms with Crippen LogP contribution in [0.5, 0.6) is 23.0 Å². The number of rotatable bonds is 6. The van der Waals surface area contributed by atoms with E-state index in [1.54, 1.807) is 0 Å². The summed E-state index contributed by atoms with van der Waals surface area (Å²) >= 11 is 0. The molecule has 0 spiro atoms. The summed E-state index contributed by atoms with van der Waals surface area (Å²) in [6, 6.07) is 64.5. The van der Waals surface area contributed by atoms with E-state index in [1.165, 1.54) is 28.0 Å². The molecule has 0 unspecified atom stereocenters. The first-order valence-corrected chi connectivity index (χ1v) is 20.3. The lowest BCUT2D eigenvalue weighted by atomic mass is 9.68. The smallest absolute Gasteiger partial charge is 0.178 e. The number of benzene rings is 8. The molecule has 4 heteroatoms.